The van der Waals surface area contributed by atoms with E-state index >= 15 is 0 Å². The van der Waals surface area contributed by atoms with Crippen LogP contribution in [0.25, 0.3) is 0 Å². The molecule has 6 N–H and O–H groups in total. The molecule has 72 valence electrons. The van der Waals surface area contributed by atoms with E-state index in [1.165, 1.54) is 0 Å². The largest absolute Gasteiger partial charge is 0.397 e. The number of hydrogen-bond acceptors (Lipinski definition) is 4. The number of amides is 1. The van der Waals surface area contributed by atoms with Crippen molar-refractivity contribution in [2.75, 3.05) is 11.5 Å². The number of rotatable bonds is 2. The van der Waals surface area contributed by atoms with Crippen LogP contribution in [0.3, 0.4) is 0 Å². The molecule has 0 aromatic carbocycles. The van der Waals surface area contributed by atoms with Gasteiger partial charge in [-0.25, -0.2) is 0 Å². The Balaban J connectivity index is 3.30. The molecule has 0 bridgehead atoms. The van der Waals surface area contributed by atoms with Crippen molar-refractivity contribution in [3.05, 3.63) is 10.4 Å². The lowest BCUT2D eigenvalue weighted by Gasteiger charge is -2.04. The van der Waals surface area contributed by atoms with Crippen LogP contribution in [0.2, 0.25) is 0 Å². The van der Waals surface area contributed by atoms with Crippen molar-refractivity contribution >= 4 is 27.9 Å². The maximum atomic E-state index is 10.9. The average molecular weight is 199 g/mol. The van der Waals surface area contributed by atoms with Gasteiger partial charge in [-0.1, -0.05) is 13.8 Å². The zero-order valence-corrected chi connectivity index (χ0v) is 8.44. The van der Waals surface area contributed by atoms with Gasteiger partial charge in [0.2, 0.25) is 0 Å². The van der Waals surface area contributed by atoms with Gasteiger partial charge < -0.3 is 17.2 Å². The molecule has 0 spiro atoms. The minimum absolute atomic E-state index is 0.212. The molecule has 0 aliphatic carbocycles. The van der Waals surface area contributed by atoms with Crippen molar-refractivity contribution in [2.45, 2.75) is 19.8 Å². The van der Waals surface area contributed by atoms with Gasteiger partial charge in [0, 0.05) is 5.56 Å². The molecule has 1 amide bonds. The predicted octanol–water partition coefficient (Wildman–Crippen LogP) is 1.13. The van der Waals surface area contributed by atoms with Crippen molar-refractivity contribution in [1.29, 1.82) is 0 Å². The van der Waals surface area contributed by atoms with E-state index in [0.717, 1.165) is 16.9 Å². The third kappa shape index (κ3) is 1.60. The van der Waals surface area contributed by atoms with E-state index in [-0.39, 0.29) is 5.92 Å². The number of nitrogen functional groups attached to an aromatic ring is 2. The molecule has 0 fully saturated rings. The van der Waals surface area contributed by atoms with Gasteiger partial charge in [-0.2, -0.15) is 0 Å². The number of carbonyl (C=O) groups excluding carboxylic acids is 1. The topological polar surface area (TPSA) is 95.1 Å². The maximum absolute atomic E-state index is 10.9. The number of primary amides is 1. The van der Waals surface area contributed by atoms with Gasteiger partial charge >= 0.3 is 0 Å². The smallest absolute Gasteiger partial charge is 0.260 e. The van der Waals surface area contributed by atoms with E-state index in [2.05, 4.69) is 0 Å². The second-order valence-corrected chi connectivity index (χ2v) is 4.19. The zero-order chi connectivity index (χ0) is 10.2. The molecule has 0 radical (unpaired) electrons. The lowest BCUT2D eigenvalue weighted by Crippen LogP contribution is -2.11. The summed E-state index contributed by atoms with van der Waals surface area (Å²) in [5.74, 6) is -0.301. The molecule has 0 atom stereocenters. The zero-order valence-electron chi connectivity index (χ0n) is 7.63. The van der Waals surface area contributed by atoms with Crippen molar-refractivity contribution < 1.29 is 4.79 Å². The highest BCUT2D eigenvalue weighted by Crippen LogP contribution is 2.37. The van der Waals surface area contributed by atoms with Gasteiger partial charge in [-0.15, -0.1) is 11.3 Å². The van der Waals surface area contributed by atoms with Crippen molar-refractivity contribution in [3.8, 4) is 0 Å². The first kappa shape index (κ1) is 9.85. The first-order valence-electron chi connectivity index (χ1n) is 3.92. The Morgan fingerprint density at radius 3 is 2.15 bits per heavy atom. The van der Waals surface area contributed by atoms with Crippen molar-refractivity contribution in [1.82, 2.24) is 0 Å². The summed E-state index contributed by atoms with van der Waals surface area (Å²) in [6.07, 6.45) is 0. The third-order valence-electron chi connectivity index (χ3n) is 1.81. The first-order chi connectivity index (χ1) is 5.95. The Labute approximate surface area is 80.7 Å². The molecule has 0 unspecified atom stereocenters. The minimum Gasteiger partial charge on any atom is -0.397 e. The summed E-state index contributed by atoms with van der Waals surface area (Å²) >= 11 is 1.16. The van der Waals surface area contributed by atoms with Crippen molar-refractivity contribution in [3.63, 3.8) is 0 Å². The normalized spacial score (nSPS) is 10.7. The van der Waals surface area contributed by atoms with Crippen LogP contribution in [-0.2, 0) is 0 Å². The van der Waals surface area contributed by atoms with Crippen LogP contribution in [0.1, 0.15) is 35.0 Å². The second-order valence-electron chi connectivity index (χ2n) is 3.14. The molecule has 1 aromatic heterocycles. The number of anilines is 2. The van der Waals surface area contributed by atoms with Gasteiger partial charge in [0.1, 0.15) is 4.88 Å². The predicted molar refractivity (Wildman–Crippen MR) is 55.8 cm³/mol. The molecule has 4 nitrogen and oxygen atoms in total. The van der Waals surface area contributed by atoms with Crippen LogP contribution in [0.15, 0.2) is 0 Å². The van der Waals surface area contributed by atoms with Crippen LogP contribution in [0.5, 0.6) is 0 Å². The van der Waals surface area contributed by atoms with Crippen molar-refractivity contribution in [2.24, 2.45) is 5.73 Å². The lowest BCUT2D eigenvalue weighted by atomic mass is 10.0. The lowest BCUT2D eigenvalue weighted by molar-refractivity contribution is 0.100. The second kappa shape index (κ2) is 3.26. The molecule has 0 aliphatic heterocycles. The van der Waals surface area contributed by atoms with Gasteiger partial charge in [-0.3, -0.25) is 4.79 Å². The summed E-state index contributed by atoms with van der Waals surface area (Å²) in [4.78, 5) is 11.3. The fourth-order valence-corrected chi connectivity index (χ4v) is 2.25. The highest BCUT2D eigenvalue weighted by Gasteiger charge is 2.19. The van der Waals surface area contributed by atoms with E-state index < -0.39 is 5.91 Å². The monoisotopic (exact) mass is 199 g/mol. The van der Waals surface area contributed by atoms with Crippen LogP contribution < -0.4 is 17.2 Å². The van der Waals surface area contributed by atoms with Crippen LogP contribution >= 0.6 is 11.3 Å². The summed E-state index contributed by atoms with van der Waals surface area (Å²) in [5.41, 5.74) is 17.8. The Bertz CT molecular complexity index is 343. The van der Waals surface area contributed by atoms with E-state index in [9.17, 15) is 4.79 Å². The number of hydrogen-bond donors (Lipinski definition) is 3. The summed E-state index contributed by atoms with van der Waals surface area (Å²) in [5, 5.41) is 0.585. The summed E-state index contributed by atoms with van der Waals surface area (Å²) < 4.78 is 0. The fraction of sp³-hybridized carbons (Fsp3) is 0.375. The van der Waals surface area contributed by atoms with E-state index in [0.29, 0.717) is 15.6 Å². The van der Waals surface area contributed by atoms with Gasteiger partial charge in [-0.05, 0) is 5.92 Å². The molecule has 0 saturated carbocycles. The molecular formula is C8H13N3OS. The van der Waals surface area contributed by atoms with Gasteiger partial charge in [0.25, 0.3) is 5.91 Å². The van der Waals surface area contributed by atoms with Gasteiger partial charge in [0.15, 0.2) is 0 Å². The van der Waals surface area contributed by atoms with Crippen LogP contribution in [-0.4, -0.2) is 5.91 Å². The number of thiophene rings is 1. The maximum Gasteiger partial charge on any atom is 0.260 e. The summed E-state index contributed by atoms with van der Waals surface area (Å²) in [6.45, 7) is 3.94. The van der Waals surface area contributed by atoms with Crippen LogP contribution in [0.4, 0.5) is 10.7 Å². The molecule has 1 aromatic rings. The molecule has 13 heavy (non-hydrogen) atoms. The van der Waals surface area contributed by atoms with E-state index in [1.807, 2.05) is 13.8 Å². The quantitative estimate of drug-likeness (QED) is 0.666. The van der Waals surface area contributed by atoms with Crippen LogP contribution in [0, 0.1) is 0 Å². The molecule has 0 aliphatic rings. The van der Waals surface area contributed by atoms with E-state index in [4.69, 9.17) is 17.2 Å². The Morgan fingerprint density at radius 2 is 1.92 bits per heavy atom. The molecule has 0 saturated heterocycles. The number of nitrogens with two attached hydrogens (primary N) is 3. The molecule has 5 heteroatoms. The minimum atomic E-state index is -0.513. The summed E-state index contributed by atoms with van der Waals surface area (Å²) in [6, 6.07) is 0. The summed E-state index contributed by atoms with van der Waals surface area (Å²) in [7, 11) is 0. The van der Waals surface area contributed by atoms with E-state index in [1.54, 1.807) is 0 Å². The molecule has 1 rings (SSSR count). The fourth-order valence-electron chi connectivity index (χ4n) is 1.25. The Hall–Kier alpha value is -1.23. The Morgan fingerprint density at radius 1 is 1.38 bits per heavy atom. The highest BCUT2D eigenvalue weighted by molar-refractivity contribution is 7.18. The highest BCUT2D eigenvalue weighted by atomic mass is 32.1. The molecular weight excluding hydrogens is 186 g/mol. The van der Waals surface area contributed by atoms with Gasteiger partial charge in [0.05, 0.1) is 10.7 Å². The average Bonchev–Trinajstić information content (AvgIpc) is 2.26. The SMILES string of the molecule is CC(C)c1c(N)sc(C(N)=O)c1N. The molecule has 1 heterocycles. The standard InChI is InChI=1S/C8H13N3OS/c1-3(2)4-5(9)6(7(10)12)13-8(4)11/h3H,9,11H2,1-2H3,(H2,10,12). The first-order valence-corrected chi connectivity index (χ1v) is 4.74. The Kier molecular flexibility index (Phi) is 2.47. The third-order valence-corrected chi connectivity index (χ3v) is 2.88. The number of carbonyl (C=O) groups is 1.